The summed E-state index contributed by atoms with van der Waals surface area (Å²) in [6.45, 7) is 9.73. The zero-order valence-electron chi connectivity index (χ0n) is 30.3. The third-order valence-electron chi connectivity index (χ3n) is 7.92. The van der Waals surface area contributed by atoms with Gasteiger partial charge < -0.3 is 34.9 Å². The molecule has 280 valence electrons. The van der Waals surface area contributed by atoms with Crippen molar-refractivity contribution >= 4 is 24.2 Å². The fourth-order valence-corrected chi connectivity index (χ4v) is 5.38. The summed E-state index contributed by atoms with van der Waals surface area (Å²) in [5, 5.41) is 18.7. The van der Waals surface area contributed by atoms with Gasteiger partial charge in [-0.2, -0.15) is 0 Å². The molecule has 3 rings (SSSR count). The molecule has 0 fully saturated rings. The van der Waals surface area contributed by atoms with E-state index >= 15 is 0 Å². The lowest BCUT2D eigenvalue weighted by Gasteiger charge is -2.30. The van der Waals surface area contributed by atoms with Crippen LogP contribution in [0.1, 0.15) is 62.6 Å². The second kappa shape index (κ2) is 21.8. The van der Waals surface area contributed by atoms with E-state index in [1.165, 1.54) is 6.08 Å². The number of nitrogens with zero attached hydrogens (tertiary/aromatic N) is 1. The molecule has 52 heavy (non-hydrogen) atoms. The monoisotopic (exact) mass is 716 g/mol. The zero-order valence-corrected chi connectivity index (χ0v) is 30.3. The van der Waals surface area contributed by atoms with Crippen molar-refractivity contribution in [2.75, 3.05) is 32.8 Å². The second-order valence-electron chi connectivity index (χ2n) is 13.2. The summed E-state index contributed by atoms with van der Waals surface area (Å²) >= 11 is 0. The normalized spacial score (nSPS) is 12.2. The van der Waals surface area contributed by atoms with Gasteiger partial charge in [0.25, 0.3) is 0 Å². The molecule has 3 aromatic carbocycles. The van der Waals surface area contributed by atoms with Crippen molar-refractivity contribution in [3.63, 3.8) is 0 Å². The molecule has 2 unspecified atom stereocenters. The van der Waals surface area contributed by atoms with Crippen LogP contribution in [-0.4, -0.2) is 84.7 Å². The molecule has 0 spiro atoms. The highest BCUT2D eigenvalue weighted by molar-refractivity contribution is 5.73. The highest BCUT2D eigenvalue weighted by Crippen LogP contribution is 2.26. The number of aliphatic carboxylic acids is 1. The van der Waals surface area contributed by atoms with Gasteiger partial charge in [0.15, 0.2) is 0 Å². The fourth-order valence-electron chi connectivity index (χ4n) is 5.38. The van der Waals surface area contributed by atoms with E-state index in [9.17, 15) is 24.3 Å². The first-order chi connectivity index (χ1) is 24.9. The Hall–Kier alpha value is -5.36. The number of benzene rings is 3. The number of carbonyl (C=O) groups is 4. The molecule has 0 aromatic heterocycles. The maximum atomic E-state index is 13.4. The summed E-state index contributed by atoms with van der Waals surface area (Å²) in [6, 6.07) is 27.4. The lowest BCUT2D eigenvalue weighted by Crippen LogP contribution is -2.51. The number of carboxylic acids is 1. The molecule has 0 radical (unpaired) electrons. The number of carbonyl (C=O) groups excluding carboxylic acids is 3. The Kier molecular flexibility index (Phi) is 17.2. The minimum absolute atomic E-state index is 0.0213. The van der Waals surface area contributed by atoms with Crippen LogP contribution in [-0.2, 0) is 25.6 Å². The van der Waals surface area contributed by atoms with E-state index in [2.05, 4.69) is 22.5 Å². The molecular formula is C40H52N4O8. The molecule has 3 aromatic rings. The average Bonchev–Trinajstić information content (AvgIpc) is 3.13. The third kappa shape index (κ3) is 15.7. The average molecular weight is 717 g/mol. The Balaban J connectivity index is 1.72. The van der Waals surface area contributed by atoms with Crippen LogP contribution in [0.25, 0.3) is 0 Å². The number of rotatable bonds is 20. The molecule has 3 amide bonds. The summed E-state index contributed by atoms with van der Waals surface area (Å²) in [7, 11) is 0. The number of carboxylic acid groups (broad SMARTS) is 1. The van der Waals surface area contributed by atoms with Gasteiger partial charge in [0, 0.05) is 38.1 Å². The molecule has 0 saturated carbocycles. The predicted molar refractivity (Wildman–Crippen MR) is 199 cm³/mol. The smallest absolute Gasteiger partial charge is 0.410 e. The topological polar surface area (TPSA) is 156 Å². The van der Waals surface area contributed by atoms with Gasteiger partial charge in [-0.25, -0.2) is 14.4 Å². The fraction of sp³-hybridized carbons (Fsp3) is 0.400. The molecule has 12 nitrogen and oxygen atoms in total. The number of hydrogen-bond donors (Lipinski definition) is 4. The van der Waals surface area contributed by atoms with Gasteiger partial charge in [-0.1, -0.05) is 104 Å². The Bertz CT molecular complexity index is 1490. The molecule has 0 bridgehead atoms. The van der Waals surface area contributed by atoms with Gasteiger partial charge >= 0.3 is 24.2 Å². The molecule has 4 N–H and O–H groups in total. The second-order valence-corrected chi connectivity index (χ2v) is 13.2. The molecule has 0 aliphatic carbocycles. The minimum Gasteiger partial charge on any atom is -0.480 e. The number of nitrogens with one attached hydrogen (secondary N) is 3. The number of hydrogen-bond acceptors (Lipinski definition) is 8. The quantitative estimate of drug-likeness (QED) is 0.0585. The highest BCUT2D eigenvalue weighted by Gasteiger charge is 2.27. The predicted octanol–water partition coefficient (Wildman–Crippen LogP) is 6.48. The van der Waals surface area contributed by atoms with Crippen molar-refractivity contribution < 1.29 is 38.5 Å². The van der Waals surface area contributed by atoms with Gasteiger partial charge in [-0.15, -0.1) is 0 Å². The molecule has 2 atom stereocenters. The van der Waals surface area contributed by atoms with Crippen molar-refractivity contribution in [2.45, 2.75) is 70.2 Å². The molecule has 0 heterocycles. The van der Waals surface area contributed by atoms with Crippen LogP contribution < -0.4 is 16.0 Å². The maximum Gasteiger partial charge on any atom is 0.410 e. The van der Waals surface area contributed by atoms with E-state index in [-0.39, 0.29) is 58.2 Å². The Labute approximate surface area is 306 Å². The van der Waals surface area contributed by atoms with Crippen LogP contribution in [0.3, 0.4) is 0 Å². The Morgan fingerprint density at radius 2 is 1.42 bits per heavy atom. The van der Waals surface area contributed by atoms with Crippen LogP contribution in [0.4, 0.5) is 14.4 Å². The van der Waals surface area contributed by atoms with Crippen molar-refractivity contribution in [1.29, 1.82) is 0 Å². The summed E-state index contributed by atoms with van der Waals surface area (Å²) in [4.78, 5) is 52.2. The Morgan fingerprint density at radius 1 is 0.827 bits per heavy atom. The molecule has 0 saturated heterocycles. The van der Waals surface area contributed by atoms with Crippen molar-refractivity contribution in [3.8, 4) is 0 Å². The first-order valence-corrected chi connectivity index (χ1v) is 17.5. The molecule has 12 heteroatoms. The largest absolute Gasteiger partial charge is 0.480 e. The highest BCUT2D eigenvalue weighted by atomic mass is 16.6. The summed E-state index contributed by atoms with van der Waals surface area (Å²) in [6.07, 6.45) is 0.473. The molecule has 0 aliphatic rings. The molecular weight excluding hydrogens is 664 g/mol. The van der Waals surface area contributed by atoms with Gasteiger partial charge in [0.1, 0.15) is 24.9 Å². The first-order valence-electron chi connectivity index (χ1n) is 17.5. The standard InChI is InChI=1S/C40H52N4O8/c1-5-26-50-39(49)44(28-34(31-18-11-7-12-19-31)32-20-13-8-14-21-32)25-23-33(27-42-38(48)52-40(2,3)4)43-35(36(45)46)22-15-24-41-37(47)51-29-30-16-9-6-10-17-30/h5-14,16-21,33-35,43H,1,15,22-29H2,2-4H3,(H,41,47)(H,42,48)(H,45,46). The Morgan fingerprint density at radius 3 is 1.98 bits per heavy atom. The lowest BCUT2D eigenvalue weighted by molar-refractivity contribution is -0.139. The van der Waals surface area contributed by atoms with Crippen molar-refractivity contribution in [3.05, 3.63) is 120 Å². The van der Waals surface area contributed by atoms with Crippen molar-refractivity contribution in [2.24, 2.45) is 0 Å². The van der Waals surface area contributed by atoms with E-state index in [1.54, 1.807) is 25.7 Å². The van der Waals surface area contributed by atoms with Gasteiger partial charge in [0.05, 0.1) is 0 Å². The summed E-state index contributed by atoms with van der Waals surface area (Å²) in [5.41, 5.74) is 2.14. The van der Waals surface area contributed by atoms with Crippen LogP contribution in [0.2, 0.25) is 0 Å². The van der Waals surface area contributed by atoms with Crippen LogP contribution in [0.5, 0.6) is 0 Å². The van der Waals surface area contributed by atoms with Gasteiger partial charge in [0.2, 0.25) is 0 Å². The maximum absolute atomic E-state index is 13.4. The SMILES string of the molecule is C=CCOC(=O)N(CCC(CNC(=O)OC(C)(C)C)NC(CCCNC(=O)OCc1ccccc1)C(=O)O)CC(c1ccccc1)c1ccccc1. The van der Waals surface area contributed by atoms with Crippen LogP contribution in [0.15, 0.2) is 104 Å². The van der Waals surface area contributed by atoms with Crippen LogP contribution in [0, 0.1) is 0 Å². The third-order valence-corrected chi connectivity index (χ3v) is 7.92. The lowest BCUT2D eigenvalue weighted by atomic mass is 9.90. The molecule has 0 aliphatic heterocycles. The van der Waals surface area contributed by atoms with E-state index < -0.39 is 41.9 Å². The number of amides is 3. The van der Waals surface area contributed by atoms with Gasteiger partial charge in [-0.05, 0) is 56.7 Å². The van der Waals surface area contributed by atoms with Crippen LogP contribution >= 0.6 is 0 Å². The van der Waals surface area contributed by atoms with E-state index in [0.29, 0.717) is 6.42 Å². The van der Waals surface area contributed by atoms with Crippen molar-refractivity contribution in [1.82, 2.24) is 20.9 Å². The van der Waals surface area contributed by atoms with Gasteiger partial charge in [-0.3, -0.25) is 10.1 Å². The van der Waals surface area contributed by atoms with E-state index in [4.69, 9.17) is 14.2 Å². The minimum atomic E-state index is -1.09. The zero-order chi connectivity index (χ0) is 37.8. The summed E-state index contributed by atoms with van der Waals surface area (Å²) in [5.74, 6) is -1.27. The van der Waals surface area contributed by atoms with E-state index in [0.717, 1.165) is 16.7 Å². The number of alkyl carbamates (subject to hydrolysis) is 2. The summed E-state index contributed by atoms with van der Waals surface area (Å²) < 4.78 is 16.1. The number of ether oxygens (including phenoxy) is 3. The van der Waals surface area contributed by atoms with E-state index in [1.807, 2.05) is 91.0 Å². The first kappa shape index (κ1) is 41.1.